The van der Waals surface area contributed by atoms with E-state index in [0.29, 0.717) is 16.8 Å². The lowest BCUT2D eigenvalue weighted by Gasteiger charge is -2.14. The van der Waals surface area contributed by atoms with Gasteiger partial charge >= 0.3 is 0 Å². The molecule has 2 aromatic carbocycles. The quantitative estimate of drug-likeness (QED) is 0.826. The molecule has 0 bridgehead atoms. The molecule has 2 rings (SSSR count). The molecule has 0 fully saturated rings. The molecule has 0 saturated carbocycles. The Hall–Kier alpha value is -2.34. The number of carbonyl (C=O) groups is 1. The standard InChI is InChI=1S/C19H24N2O3S/c1-5-15(4)20-19(22)16-9-8-14(3)18(12-16)25(23,24)21-17-10-6-13(2)7-11-17/h6-12,15,21H,5H2,1-4H3,(H,20,22). The van der Waals surface area contributed by atoms with E-state index in [1.165, 1.54) is 6.07 Å². The van der Waals surface area contributed by atoms with Crippen LogP contribution in [0.3, 0.4) is 0 Å². The van der Waals surface area contributed by atoms with Gasteiger partial charge in [-0.25, -0.2) is 8.42 Å². The third-order valence-electron chi connectivity index (χ3n) is 4.03. The van der Waals surface area contributed by atoms with E-state index in [1.807, 2.05) is 32.9 Å². The minimum atomic E-state index is -3.78. The summed E-state index contributed by atoms with van der Waals surface area (Å²) in [6.07, 6.45) is 0.803. The molecule has 0 radical (unpaired) electrons. The van der Waals surface area contributed by atoms with Gasteiger partial charge in [0.2, 0.25) is 0 Å². The molecule has 134 valence electrons. The first-order valence-electron chi connectivity index (χ1n) is 8.24. The number of aryl methyl sites for hydroxylation is 2. The summed E-state index contributed by atoms with van der Waals surface area (Å²) >= 11 is 0. The second-order valence-electron chi connectivity index (χ2n) is 6.23. The minimum Gasteiger partial charge on any atom is -0.350 e. The summed E-state index contributed by atoms with van der Waals surface area (Å²) in [5.74, 6) is -0.277. The van der Waals surface area contributed by atoms with Crippen molar-refractivity contribution in [1.82, 2.24) is 5.32 Å². The van der Waals surface area contributed by atoms with Crippen molar-refractivity contribution in [1.29, 1.82) is 0 Å². The fourth-order valence-electron chi connectivity index (χ4n) is 2.27. The molecule has 0 aliphatic heterocycles. The number of amides is 1. The highest BCUT2D eigenvalue weighted by atomic mass is 32.2. The topological polar surface area (TPSA) is 75.3 Å². The van der Waals surface area contributed by atoms with Gasteiger partial charge in [-0.05, 0) is 57.0 Å². The summed E-state index contributed by atoms with van der Waals surface area (Å²) in [5.41, 5.74) is 2.44. The van der Waals surface area contributed by atoms with Crippen LogP contribution in [0.15, 0.2) is 47.4 Å². The van der Waals surface area contributed by atoms with Crippen LogP contribution in [0.25, 0.3) is 0 Å². The first kappa shape index (κ1) is 19.0. The fraction of sp³-hybridized carbons (Fsp3) is 0.316. The molecule has 6 heteroatoms. The molecule has 1 amide bonds. The van der Waals surface area contributed by atoms with Crippen molar-refractivity contribution in [2.45, 2.75) is 45.1 Å². The van der Waals surface area contributed by atoms with Crippen molar-refractivity contribution >= 4 is 21.6 Å². The average molecular weight is 360 g/mol. The second kappa shape index (κ2) is 7.70. The average Bonchev–Trinajstić information content (AvgIpc) is 2.56. The van der Waals surface area contributed by atoms with Gasteiger partial charge in [0.15, 0.2) is 0 Å². The molecule has 0 saturated heterocycles. The van der Waals surface area contributed by atoms with Crippen molar-refractivity contribution in [2.75, 3.05) is 4.72 Å². The summed E-state index contributed by atoms with van der Waals surface area (Å²) in [4.78, 5) is 12.4. The molecule has 0 spiro atoms. The smallest absolute Gasteiger partial charge is 0.262 e. The van der Waals surface area contributed by atoms with Gasteiger partial charge in [0.1, 0.15) is 0 Å². The monoisotopic (exact) mass is 360 g/mol. The number of sulfonamides is 1. The lowest BCUT2D eigenvalue weighted by molar-refractivity contribution is 0.0939. The maximum Gasteiger partial charge on any atom is 0.262 e. The first-order chi connectivity index (χ1) is 11.7. The molecule has 1 atom stereocenters. The Morgan fingerprint density at radius 2 is 1.72 bits per heavy atom. The minimum absolute atomic E-state index is 0.0274. The molecule has 0 heterocycles. The van der Waals surface area contributed by atoms with Crippen LogP contribution in [0.5, 0.6) is 0 Å². The highest BCUT2D eigenvalue weighted by Crippen LogP contribution is 2.21. The Labute approximate surface area is 149 Å². The summed E-state index contributed by atoms with van der Waals surface area (Å²) in [5, 5.41) is 2.85. The van der Waals surface area contributed by atoms with Crippen molar-refractivity contribution in [2.24, 2.45) is 0 Å². The van der Waals surface area contributed by atoms with Crippen molar-refractivity contribution in [3.8, 4) is 0 Å². The zero-order chi connectivity index (χ0) is 18.6. The van der Waals surface area contributed by atoms with Crippen LogP contribution >= 0.6 is 0 Å². The van der Waals surface area contributed by atoms with Crippen molar-refractivity contribution in [3.63, 3.8) is 0 Å². The van der Waals surface area contributed by atoms with Gasteiger partial charge < -0.3 is 5.32 Å². The number of rotatable bonds is 6. The first-order valence-corrected chi connectivity index (χ1v) is 9.72. The van der Waals surface area contributed by atoms with Crippen LogP contribution in [0.4, 0.5) is 5.69 Å². The van der Waals surface area contributed by atoms with Gasteiger partial charge in [0, 0.05) is 17.3 Å². The van der Waals surface area contributed by atoms with Gasteiger partial charge in [-0.15, -0.1) is 0 Å². The zero-order valence-corrected chi connectivity index (χ0v) is 15.8. The normalized spacial score (nSPS) is 12.5. The Balaban J connectivity index is 2.32. The number of carbonyl (C=O) groups excluding carboxylic acids is 1. The van der Waals surface area contributed by atoms with Crippen molar-refractivity contribution < 1.29 is 13.2 Å². The predicted molar refractivity (Wildman–Crippen MR) is 100 cm³/mol. The fourth-order valence-corrected chi connectivity index (χ4v) is 3.60. The van der Waals surface area contributed by atoms with E-state index in [1.54, 1.807) is 31.2 Å². The lowest BCUT2D eigenvalue weighted by Crippen LogP contribution is -2.32. The van der Waals surface area contributed by atoms with Gasteiger partial charge in [0.25, 0.3) is 15.9 Å². The second-order valence-corrected chi connectivity index (χ2v) is 7.89. The summed E-state index contributed by atoms with van der Waals surface area (Å²) < 4.78 is 28.0. The van der Waals surface area contributed by atoms with Crippen LogP contribution in [0, 0.1) is 13.8 Å². The van der Waals surface area contributed by atoms with Crippen LogP contribution < -0.4 is 10.0 Å². The molecule has 5 nitrogen and oxygen atoms in total. The number of anilines is 1. The molecular formula is C19H24N2O3S. The van der Waals surface area contributed by atoms with E-state index in [9.17, 15) is 13.2 Å². The Morgan fingerprint density at radius 1 is 1.08 bits per heavy atom. The molecule has 0 aromatic heterocycles. The number of hydrogen-bond donors (Lipinski definition) is 2. The van der Waals surface area contributed by atoms with E-state index >= 15 is 0 Å². The SMILES string of the molecule is CCC(C)NC(=O)c1ccc(C)c(S(=O)(=O)Nc2ccc(C)cc2)c1. The van der Waals surface area contributed by atoms with Crippen LogP contribution in [-0.4, -0.2) is 20.4 Å². The van der Waals surface area contributed by atoms with E-state index in [2.05, 4.69) is 10.0 Å². The number of nitrogens with one attached hydrogen (secondary N) is 2. The van der Waals surface area contributed by atoms with Crippen LogP contribution in [0.2, 0.25) is 0 Å². The Morgan fingerprint density at radius 3 is 2.32 bits per heavy atom. The zero-order valence-electron chi connectivity index (χ0n) is 15.0. The largest absolute Gasteiger partial charge is 0.350 e. The lowest BCUT2D eigenvalue weighted by atomic mass is 10.1. The number of hydrogen-bond acceptors (Lipinski definition) is 3. The molecule has 1 unspecified atom stereocenters. The highest BCUT2D eigenvalue weighted by molar-refractivity contribution is 7.92. The van der Waals surface area contributed by atoms with E-state index < -0.39 is 10.0 Å². The van der Waals surface area contributed by atoms with Gasteiger partial charge in [-0.2, -0.15) is 0 Å². The van der Waals surface area contributed by atoms with Crippen LogP contribution in [-0.2, 0) is 10.0 Å². The molecule has 25 heavy (non-hydrogen) atoms. The van der Waals surface area contributed by atoms with E-state index in [4.69, 9.17) is 0 Å². The molecule has 0 aliphatic rings. The van der Waals surface area contributed by atoms with Gasteiger partial charge in [-0.1, -0.05) is 30.7 Å². The predicted octanol–water partition coefficient (Wildman–Crippen LogP) is 3.63. The van der Waals surface area contributed by atoms with E-state index in [-0.39, 0.29) is 16.8 Å². The summed E-state index contributed by atoms with van der Waals surface area (Å²) in [7, 11) is -3.78. The van der Waals surface area contributed by atoms with Crippen LogP contribution in [0.1, 0.15) is 41.8 Å². The number of benzene rings is 2. The Bertz CT molecular complexity index is 859. The third kappa shape index (κ3) is 4.82. The summed E-state index contributed by atoms with van der Waals surface area (Å²) in [6.45, 7) is 7.52. The molecule has 2 aromatic rings. The Kier molecular flexibility index (Phi) is 5.85. The van der Waals surface area contributed by atoms with E-state index in [0.717, 1.165) is 12.0 Å². The van der Waals surface area contributed by atoms with Gasteiger partial charge in [0.05, 0.1) is 4.90 Å². The van der Waals surface area contributed by atoms with Gasteiger partial charge in [-0.3, -0.25) is 9.52 Å². The molecule has 0 aliphatic carbocycles. The maximum absolute atomic E-state index is 12.7. The summed E-state index contributed by atoms with van der Waals surface area (Å²) in [6, 6.07) is 11.8. The molecular weight excluding hydrogens is 336 g/mol. The molecule has 2 N–H and O–H groups in total. The third-order valence-corrected chi connectivity index (χ3v) is 5.56. The van der Waals surface area contributed by atoms with Crippen molar-refractivity contribution in [3.05, 3.63) is 59.2 Å². The highest BCUT2D eigenvalue weighted by Gasteiger charge is 2.19. The maximum atomic E-state index is 12.7.